The molecule has 1 unspecified atom stereocenters. The van der Waals surface area contributed by atoms with Crippen molar-refractivity contribution >= 4 is 17.0 Å². The predicted octanol–water partition coefficient (Wildman–Crippen LogP) is 4.55. The summed E-state index contributed by atoms with van der Waals surface area (Å²) in [5.41, 5.74) is 6.47. The monoisotopic (exact) mass is 426 g/mol. The van der Waals surface area contributed by atoms with E-state index in [4.69, 9.17) is 4.98 Å². The number of hydrogen-bond donors (Lipinski definition) is 1. The molecule has 1 N–H and O–H groups in total. The number of imidazole rings is 2. The van der Waals surface area contributed by atoms with Gasteiger partial charge >= 0.3 is 0 Å². The zero-order valence-corrected chi connectivity index (χ0v) is 18.6. The molecule has 6 nitrogen and oxygen atoms in total. The maximum absolute atomic E-state index is 5.13. The average molecular weight is 427 g/mol. The summed E-state index contributed by atoms with van der Waals surface area (Å²) in [4.78, 5) is 17.7. The van der Waals surface area contributed by atoms with Gasteiger partial charge in [-0.05, 0) is 37.0 Å². The van der Waals surface area contributed by atoms with Gasteiger partial charge in [0.15, 0.2) is 0 Å². The highest BCUT2D eigenvalue weighted by Gasteiger charge is 2.29. The van der Waals surface area contributed by atoms with E-state index < -0.39 is 0 Å². The summed E-state index contributed by atoms with van der Waals surface area (Å²) in [5, 5.41) is 0. The maximum Gasteiger partial charge on any atom is 0.206 e. The Morgan fingerprint density at radius 3 is 2.66 bits per heavy atom. The number of nitrogens with one attached hydrogen (secondary N) is 1. The van der Waals surface area contributed by atoms with Crippen LogP contribution in [0.5, 0.6) is 0 Å². The van der Waals surface area contributed by atoms with Crippen LogP contribution in [0.1, 0.15) is 42.5 Å². The number of para-hydroxylation sites is 1. The third kappa shape index (κ3) is 3.48. The summed E-state index contributed by atoms with van der Waals surface area (Å²) >= 11 is 0. The minimum Gasteiger partial charge on any atom is -0.348 e. The second-order valence-electron chi connectivity index (χ2n) is 9.32. The molecule has 164 valence electrons. The number of aromatic amines is 1. The van der Waals surface area contributed by atoms with Gasteiger partial charge in [-0.2, -0.15) is 0 Å². The highest BCUT2D eigenvalue weighted by molar-refractivity contribution is 5.82. The molecule has 0 saturated carbocycles. The topological polar surface area (TPSA) is 53.0 Å². The van der Waals surface area contributed by atoms with E-state index in [0.717, 1.165) is 57.0 Å². The molecule has 4 aromatic rings. The second kappa shape index (κ2) is 8.10. The first-order chi connectivity index (χ1) is 15.8. The fraction of sp³-hybridized carbons (Fsp3) is 0.385. The number of anilines is 1. The van der Waals surface area contributed by atoms with E-state index in [0.29, 0.717) is 12.0 Å². The molecule has 4 heterocycles. The van der Waals surface area contributed by atoms with E-state index >= 15 is 0 Å². The van der Waals surface area contributed by atoms with Gasteiger partial charge in [0.25, 0.3) is 0 Å². The third-order valence-corrected chi connectivity index (χ3v) is 7.24. The Bertz CT molecular complexity index is 1190. The van der Waals surface area contributed by atoms with Crippen LogP contribution in [0.4, 0.5) is 5.95 Å². The van der Waals surface area contributed by atoms with Crippen LogP contribution in [0.3, 0.4) is 0 Å². The van der Waals surface area contributed by atoms with Gasteiger partial charge in [-0.25, -0.2) is 9.97 Å². The van der Waals surface area contributed by atoms with Crippen LogP contribution in [0, 0.1) is 0 Å². The maximum atomic E-state index is 5.13. The first-order valence-corrected chi connectivity index (χ1v) is 11.8. The molecular weight excluding hydrogens is 396 g/mol. The van der Waals surface area contributed by atoms with E-state index in [1.54, 1.807) is 6.33 Å². The molecular formula is C26H30N6. The summed E-state index contributed by atoms with van der Waals surface area (Å²) in [6.45, 7) is 7.32. The van der Waals surface area contributed by atoms with Crippen molar-refractivity contribution in [3.05, 3.63) is 77.9 Å². The van der Waals surface area contributed by atoms with Crippen molar-refractivity contribution in [1.29, 1.82) is 0 Å². The van der Waals surface area contributed by atoms with Gasteiger partial charge in [0.05, 0.1) is 17.4 Å². The van der Waals surface area contributed by atoms with Crippen LogP contribution in [0.25, 0.3) is 11.0 Å². The van der Waals surface area contributed by atoms with Crippen LogP contribution in [-0.4, -0.2) is 43.6 Å². The summed E-state index contributed by atoms with van der Waals surface area (Å²) < 4.78 is 2.50. The van der Waals surface area contributed by atoms with Crippen molar-refractivity contribution in [3.63, 3.8) is 0 Å². The summed E-state index contributed by atoms with van der Waals surface area (Å²) in [6, 6.07) is 17.9. The number of rotatable bonds is 4. The molecule has 2 aliphatic rings. The Morgan fingerprint density at radius 1 is 1.03 bits per heavy atom. The Balaban J connectivity index is 1.29. The van der Waals surface area contributed by atoms with Gasteiger partial charge in [-0.1, -0.05) is 42.5 Å². The smallest absolute Gasteiger partial charge is 0.206 e. The normalized spacial score (nSPS) is 20.0. The van der Waals surface area contributed by atoms with Gasteiger partial charge in [0.1, 0.15) is 0 Å². The standard InChI is InChI=1S/C26H30N6/c1-19-15-32-25-22(17-31(19)16-20-6-3-2-4-7-20)8-5-9-23(25)29-26(32)30-12-10-21(11-13-30)24-14-27-18-28-24/h2-9,14,18-19,21H,10-13,15-17H2,1H3,(H,27,28). The summed E-state index contributed by atoms with van der Waals surface area (Å²) in [6.07, 6.45) is 6.04. The largest absolute Gasteiger partial charge is 0.348 e. The molecule has 2 aromatic carbocycles. The molecule has 6 rings (SSSR count). The zero-order valence-electron chi connectivity index (χ0n) is 18.6. The third-order valence-electron chi connectivity index (χ3n) is 7.24. The molecule has 0 bridgehead atoms. The van der Waals surface area contributed by atoms with Gasteiger partial charge in [-0.15, -0.1) is 0 Å². The summed E-state index contributed by atoms with van der Waals surface area (Å²) in [7, 11) is 0. The minimum atomic E-state index is 0.432. The Morgan fingerprint density at radius 2 is 1.88 bits per heavy atom. The summed E-state index contributed by atoms with van der Waals surface area (Å²) in [5.74, 6) is 1.71. The SMILES string of the molecule is CC1Cn2c(N3CCC(c4cnc[nH]4)CC3)nc3cccc(c32)CN1Cc1ccccc1. The van der Waals surface area contributed by atoms with E-state index in [-0.39, 0.29) is 0 Å². The fourth-order valence-electron chi connectivity index (χ4n) is 5.45. The van der Waals surface area contributed by atoms with E-state index in [1.807, 2.05) is 6.20 Å². The minimum absolute atomic E-state index is 0.432. The van der Waals surface area contributed by atoms with E-state index in [1.165, 1.54) is 22.3 Å². The Kier molecular flexibility index (Phi) is 4.95. The molecule has 2 aliphatic heterocycles. The molecule has 32 heavy (non-hydrogen) atoms. The van der Waals surface area contributed by atoms with Crippen LogP contribution in [0.15, 0.2) is 61.1 Å². The number of H-pyrrole nitrogens is 1. The van der Waals surface area contributed by atoms with Gasteiger partial charge in [0.2, 0.25) is 5.95 Å². The lowest BCUT2D eigenvalue weighted by Gasteiger charge is -2.33. The highest BCUT2D eigenvalue weighted by atomic mass is 15.3. The van der Waals surface area contributed by atoms with Crippen LogP contribution < -0.4 is 4.90 Å². The van der Waals surface area contributed by atoms with Gasteiger partial charge in [0, 0.05) is 56.6 Å². The molecule has 1 saturated heterocycles. The fourth-order valence-corrected chi connectivity index (χ4v) is 5.45. The van der Waals surface area contributed by atoms with Crippen molar-refractivity contribution in [2.45, 2.75) is 51.4 Å². The Labute approximate surface area is 188 Å². The molecule has 0 spiro atoms. The lowest BCUT2D eigenvalue weighted by molar-refractivity contribution is 0.181. The molecule has 0 amide bonds. The number of benzene rings is 2. The highest BCUT2D eigenvalue weighted by Crippen LogP contribution is 2.34. The molecule has 0 radical (unpaired) electrons. The number of hydrogen-bond acceptors (Lipinski definition) is 4. The molecule has 1 atom stereocenters. The van der Waals surface area contributed by atoms with Crippen molar-refractivity contribution < 1.29 is 0 Å². The lowest BCUT2D eigenvalue weighted by atomic mass is 9.94. The first-order valence-electron chi connectivity index (χ1n) is 11.8. The molecule has 0 aliphatic carbocycles. The van der Waals surface area contributed by atoms with Crippen molar-refractivity contribution in [2.24, 2.45) is 0 Å². The van der Waals surface area contributed by atoms with Crippen LogP contribution in [-0.2, 0) is 19.6 Å². The molecule has 1 fully saturated rings. The van der Waals surface area contributed by atoms with Crippen LogP contribution in [0.2, 0.25) is 0 Å². The van der Waals surface area contributed by atoms with E-state index in [9.17, 15) is 0 Å². The van der Waals surface area contributed by atoms with Gasteiger partial charge < -0.3 is 14.5 Å². The van der Waals surface area contributed by atoms with Crippen molar-refractivity contribution in [3.8, 4) is 0 Å². The predicted molar refractivity (Wildman–Crippen MR) is 128 cm³/mol. The van der Waals surface area contributed by atoms with Crippen LogP contribution >= 0.6 is 0 Å². The van der Waals surface area contributed by atoms with Crippen molar-refractivity contribution in [2.75, 3.05) is 18.0 Å². The Hall–Kier alpha value is -3.12. The number of piperidine rings is 1. The van der Waals surface area contributed by atoms with E-state index in [2.05, 4.69) is 79.8 Å². The molecule has 6 heteroatoms. The lowest BCUT2D eigenvalue weighted by Crippen LogP contribution is -2.37. The zero-order chi connectivity index (χ0) is 21.5. The second-order valence-corrected chi connectivity index (χ2v) is 9.32. The van der Waals surface area contributed by atoms with Gasteiger partial charge in [-0.3, -0.25) is 4.90 Å². The quantitative estimate of drug-likeness (QED) is 0.520. The molecule has 2 aromatic heterocycles. The number of nitrogens with zero attached hydrogens (tertiary/aromatic N) is 5. The van der Waals surface area contributed by atoms with Crippen molar-refractivity contribution in [1.82, 2.24) is 24.4 Å². The average Bonchev–Trinajstić information content (AvgIpc) is 3.46. The first kappa shape index (κ1) is 19.6. The number of aromatic nitrogens is 4.